The molecule has 0 aromatic carbocycles. The number of hydrogen-bond donors (Lipinski definition) is 4. The maximum absolute atomic E-state index is 12.5. The van der Waals surface area contributed by atoms with Crippen molar-refractivity contribution in [3.63, 3.8) is 0 Å². The summed E-state index contributed by atoms with van der Waals surface area (Å²) in [5, 5.41) is 33.7. The van der Waals surface area contributed by atoms with E-state index >= 15 is 0 Å². The van der Waals surface area contributed by atoms with Gasteiger partial charge in [0.25, 0.3) is 0 Å². The lowest BCUT2D eigenvalue weighted by Gasteiger charge is -2.26. The van der Waals surface area contributed by atoms with E-state index in [-0.39, 0.29) is 12.5 Å². The van der Waals surface area contributed by atoms with Crippen LogP contribution in [0.3, 0.4) is 0 Å². The van der Waals surface area contributed by atoms with Crippen LogP contribution in [0.4, 0.5) is 0 Å². The second-order valence-corrected chi connectivity index (χ2v) is 18.4. The number of carbonyl (C=O) groups excluding carboxylic acids is 1. The fraction of sp³-hybridized carbons (Fsp3) is 0.907. The SMILES string of the molecule is CCCCCCCCCCCCCCCCC/C=C/CC/C=C/CCCC(O)C(O)C(CO)NC(=O)CCCCCCCCCCCCCCCCCCCCCCC. The molecule has 4 N–H and O–H groups in total. The number of rotatable bonds is 49. The zero-order valence-electron chi connectivity index (χ0n) is 39.9. The molecule has 0 heterocycles. The predicted molar refractivity (Wildman–Crippen MR) is 259 cm³/mol. The molecule has 0 aromatic rings. The van der Waals surface area contributed by atoms with E-state index in [4.69, 9.17) is 0 Å². The summed E-state index contributed by atoms with van der Waals surface area (Å²) in [7, 11) is 0. The number of amides is 1. The smallest absolute Gasteiger partial charge is 0.220 e. The zero-order chi connectivity index (χ0) is 43.0. The van der Waals surface area contributed by atoms with Crippen LogP contribution >= 0.6 is 0 Å². The Morgan fingerprint density at radius 2 is 0.695 bits per heavy atom. The van der Waals surface area contributed by atoms with E-state index in [2.05, 4.69) is 43.5 Å². The van der Waals surface area contributed by atoms with Crippen LogP contribution < -0.4 is 5.32 Å². The Bertz CT molecular complexity index is 874. The average molecular weight is 832 g/mol. The molecular weight excluding hydrogens is 727 g/mol. The Kier molecular flexibility index (Phi) is 48.5. The van der Waals surface area contributed by atoms with E-state index in [0.717, 1.165) is 44.9 Å². The number of unbranched alkanes of at least 4 members (excludes halogenated alkanes) is 37. The first kappa shape index (κ1) is 57.8. The zero-order valence-corrected chi connectivity index (χ0v) is 39.9. The highest BCUT2D eigenvalue weighted by atomic mass is 16.3. The lowest BCUT2D eigenvalue weighted by Crippen LogP contribution is -2.50. The van der Waals surface area contributed by atoms with Gasteiger partial charge in [-0.05, 0) is 51.4 Å². The van der Waals surface area contributed by atoms with Crippen LogP contribution in [0, 0.1) is 0 Å². The largest absolute Gasteiger partial charge is 0.394 e. The average Bonchev–Trinajstić information content (AvgIpc) is 3.24. The molecule has 3 unspecified atom stereocenters. The Morgan fingerprint density at radius 1 is 0.407 bits per heavy atom. The van der Waals surface area contributed by atoms with E-state index in [9.17, 15) is 20.1 Å². The highest BCUT2D eigenvalue weighted by molar-refractivity contribution is 5.76. The Hall–Kier alpha value is -1.17. The van der Waals surface area contributed by atoms with Gasteiger partial charge in [0, 0.05) is 6.42 Å². The molecule has 0 spiro atoms. The van der Waals surface area contributed by atoms with Crippen LogP contribution in [-0.4, -0.2) is 46.1 Å². The summed E-state index contributed by atoms with van der Waals surface area (Å²) in [6.45, 7) is 4.20. The first-order valence-electron chi connectivity index (χ1n) is 26.6. The third-order valence-electron chi connectivity index (χ3n) is 12.5. The van der Waals surface area contributed by atoms with Crippen LogP contribution in [0.15, 0.2) is 24.3 Å². The van der Waals surface area contributed by atoms with Gasteiger partial charge in [-0.2, -0.15) is 0 Å². The molecule has 0 aromatic heterocycles. The molecule has 0 bridgehead atoms. The molecule has 350 valence electrons. The first-order valence-corrected chi connectivity index (χ1v) is 26.6. The molecule has 1 amide bonds. The normalized spacial score (nSPS) is 13.5. The van der Waals surface area contributed by atoms with E-state index in [1.807, 2.05) is 0 Å². The van der Waals surface area contributed by atoms with Gasteiger partial charge in [0.1, 0.15) is 6.10 Å². The minimum absolute atomic E-state index is 0.153. The molecule has 59 heavy (non-hydrogen) atoms. The minimum Gasteiger partial charge on any atom is -0.394 e. The van der Waals surface area contributed by atoms with E-state index in [1.165, 1.54) is 218 Å². The van der Waals surface area contributed by atoms with Crippen molar-refractivity contribution in [2.75, 3.05) is 6.61 Å². The fourth-order valence-corrected chi connectivity index (χ4v) is 8.42. The molecule has 0 saturated carbocycles. The van der Waals surface area contributed by atoms with E-state index in [0.29, 0.717) is 12.8 Å². The summed E-state index contributed by atoms with van der Waals surface area (Å²) in [5.41, 5.74) is 0. The summed E-state index contributed by atoms with van der Waals surface area (Å²) < 4.78 is 0. The number of nitrogens with one attached hydrogen (secondary N) is 1. The van der Waals surface area contributed by atoms with Gasteiger partial charge in [-0.3, -0.25) is 4.79 Å². The third kappa shape index (κ3) is 44.7. The second kappa shape index (κ2) is 49.5. The van der Waals surface area contributed by atoms with Gasteiger partial charge in [-0.1, -0.05) is 256 Å². The standard InChI is InChI=1S/C54H105NO4/c1-3-5-7-9-11-13-15-17-19-21-23-25-26-27-29-30-32-34-36-38-40-42-44-46-48-52(57)54(59)51(50-56)55-53(58)49-47-45-43-41-39-37-35-33-31-28-24-22-20-18-16-14-12-10-8-6-4-2/h32,34,40,42,51-52,54,56-57,59H,3-31,33,35-39,41,43-50H2,1-2H3,(H,55,58)/b34-32+,42-40+. The van der Waals surface area contributed by atoms with Crippen molar-refractivity contribution in [1.29, 1.82) is 0 Å². The van der Waals surface area contributed by atoms with Gasteiger partial charge in [0.05, 0.1) is 18.8 Å². The number of aliphatic hydroxyl groups excluding tert-OH is 3. The quantitative estimate of drug-likeness (QED) is 0.0363. The van der Waals surface area contributed by atoms with Crippen LogP contribution in [0.5, 0.6) is 0 Å². The molecule has 3 atom stereocenters. The fourth-order valence-electron chi connectivity index (χ4n) is 8.42. The minimum atomic E-state index is -1.16. The first-order chi connectivity index (χ1) is 29.1. The summed E-state index contributed by atoms with van der Waals surface area (Å²) >= 11 is 0. The number of allylic oxidation sites excluding steroid dienone is 4. The van der Waals surface area contributed by atoms with Crippen molar-refractivity contribution in [3.8, 4) is 0 Å². The summed E-state index contributed by atoms with van der Waals surface area (Å²) in [6, 6.07) is -0.830. The number of hydrogen-bond acceptors (Lipinski definition) is 4. The Labute approximate surface area is 369 Å². The van der Waals surface area contributed by atoms with Crippen molar-refractivity contribution < 1.29 is 20.1 Å². The second-order valence-electron chi connectivity index (χ2n) is 18.4. The maximum atomic E-state index is 12.5. The molecule has 0 aliphatic carbocycles. The Balaban J connectivity index is 3.60. The van der Waals surface area contributed by atoms with Gasteiger partial charge in [-0.25, -0.2) is 0 Å². The number of carbonyl (C=O) groups is 1. The third-order valence-corrected chi connectivity index (χ3v) is 12.5. The van der Waals surface area contributed by atoms with E-state index < -0.39 is 18.2 Å². The molecule has 5 nitrogen and oxygen atoms in total. The predicted octanol–water partition coefficient (Wildman–Crippen LogP) is 16.1. The molecule has 0 radical (unpaired) electrons. The van der Waals surface area contributed by atoms with Crippen molar-refractivity contribution in [2.45, 2.75) is 308 Å². The molecular formula is C54H105NO4. The monoisotopic (exact) mass is 832 g/mol. The van der Waals surface area contributed by atoms with Crippen molar-refractivity contribution in [2.24, 2.45) is 0 Å². The van der Waals surface area contributed by atoms with E-state index in [1.54, 1.807) is 0 Å². The highest BCUT2D eigenvalue weighted by Gasteiger charge is 2.26. The lowest BCUT2D eigenvalue weighted by atomic mass is 10.0. The highest BCUT2D eigenvalue weighted by Crippen LogP contribution is 2.17. The maximum Gasteiger partial charge on any atom is 0.220 e. The molecule has 5 heteroatoms. The molecule has 0 aliphatic heterocycles. The summed E-state index contributed by atoms with van der Waals surface area (Å²) in [4.78, 5) is 12.5. The van der Waals surface area contributed by atoms with Gasteiger partial charge in [0.15, 0.2) is 0 Å². The molecule has 0 rings (SSSR count). The lowest BCUT2D eigenvalue weighted by molar-refractivity contribution is -0.124. The van der Waals surface area contributed by atoms with Crippen LogP contribution in [0.25, 0.3) is 0 Å². The van der Waals surface area contributed by atoms with Crippen LogP contribution in [0.2, 0.25) is 0 Å². The van der Waals surface area contributed by atoms with Gasteiger partial charge >= 0.3 is 0 Å². The molecule has 0 aliphatic rings. The molecule has 0 saturated heterocycles. The summed E-state index contributed by atoms with van der Waals surface area (Å²) in [6.07, 6.45) is 61.8. The van der Waals surface area contributed by atoms with Crippen molar-refractivity contribution in [3.05, 3.63) is 24.3 Å². The summed E-state index contributed by atoms with van der Waals surface area (Å²) in [5.74, 6) is -0.153. The molecule has 0 fully saturated rings. The topological polar surface area (TPSA) is 89.8 Å². The van der Waals surface area contributed by atoms with Crippen molar-refractivity contribution in [1.82, 2.24) is 5.32 Å². The van der Waals surface area contributed by atoms with Crippen LogP contribution in [-0.2, 0) is 4.79 Å². The van der Waals surface area contributed by atoms with Gasteiger partial charge in [0.2, 0.25) is 5.91 Å². The van der Waals surface area contributed by atoms with Gasteiger partial charge < -0.3 is 20.6 Å². The van der Waals surface area contributed by atoms with Crippen molar-refractivity contribution >= 4 is 5.91 Å². The van der Waals surface area contributed by atoms with Crippen LogP contribution in [0.1, 0.15) is 290 Å². The Morgan fingerprint density at radius 3 is 1.03 bits per heavy atom. The van der Waals surface area contributed by atoms with Gasteiger partial charge in [-0.15, -0.1) is 0 Å². The number of aliphatic hydroxyl groups is 3.